The van der Waals surface area contributed by atoms with Gasteiger partial charge in [0, 0.05) is 11.6 Å². The van der Waals surface area contributed by atoms with Gasteiger partial charge in [-0.25, -0.2) is 0 Å². The Labute approximate surface area is 118 Å². The summed E-state index contributed by atoms with van der Waals surface area (Å²) >= 11 is 0. The molecule has 106 valence electrons. The maximum atomic E-state index is 9.41. The summed E-state index contributed by atoms with van der Waals surface area (Å²) in [6.07, 6.45) is 3.38. The molecule has 5 nitrogen and oxygen atoms in total. The number of aromatic nitrogens is 2. The quantitative estimate of drug-likeness (QED) is 0.924. The van der Waals surface area contributed by atoms with Crippen LogP contribution in [0.25, 0.3) is 11.5 Å². The van der Waals surface area contributed by atoms with Gasteiger partial charge in [0.1, 0.15) is 0 Å². The third kappa shape index (κ3) is 2.89. The summed E-state index contributed by atoms with van der Waals surface area (Å²) in [5.74, 6) is 1.17. The van der Waals surface area contributed by atoms with Gasteiger partial charge in [-0.15, -0.1) is 10.2 Å². The molecule has 0 radical (unpaired) electrons. The molecule has 1 unspecified atom stereocenters. The summed E-state index contributed by atoms with van der Waals surface area (Å²) in [6.45, 7) is 1.79. The molecule has 0 bridgehead atoms. The van der Waals surface area contributed by atoms with Gasteiger partial charge in [-0.2, -0.15) is 0 Å². The highest BCUT2D eigenvalue weighted by atomic mass is 16.4. The molecule has 3 rings (SSSR count). The maximum Gasteiger partial charge on any atom is 0.247 e. The molecule has 1 fully saturated rings. The van der Waals surface area contributed by atoms with Gasteiger partial charge in [0.05, 0.1) is 13.2 Å². The molecule has 5 heteroatoms. The van der Waals surface area contributed by atoms with Crippen LogP contribution in [0.15, 0.2) is 34.7 Å². The number of aliphatic hydroxyl groups is 1. The maximum absolute atomic E-state index is 9.41. The van der Waals surface area contributed by atoms with Crippen LogP contribution in [0.4, 0.5) is 0 Å². The van der Waals surface area contributed by atoms with Crippen molar-refractivity contribution in [3.05, 3.63) is 36.2 Å². The standard InChI is InChI=1S/C15H19N3O2/c19-11-13-8-4-5-9-18(13)10-14-16-17-15(20-14)12-6-2-1-3-7-12/h1-3,6-7,13,19H,4-5,8-11H2. The van der Waals surface area contributed by atoms with E-state index in [1.807, 2.05) is 30.3 Å². The van der Waals surface area contributed by atoms with E-state index in [0.29, 0.717) is 18.3 Å². The second-order valence-corrected chi connectivity index (χ2v) is 5.17. The third-order valence-electron chi connectivity index (χ3n) is 3.79. The molecular formula is C15H19N3O2. The van der Waals surface area contributed by atoms with E-state index >= 15 is 0 Å². The van der Waals surface area contributed by atoms with Crippen LogP contribution < -0.4 is 0 Å². The zero-order chi connectivity index (χ0) is 13.8. The second kappa shape index (κ2) is 6.15. The van der Waals surface area contributed by atoms with E-state index in [9.17, 15) is 5.11 Å². The molecule has 1 aromatic heterocycles. The van der Waals surface area contributed by atoms with E-state index in [1.165, 1.54) is 6.42 Å². The Morgan fingerprint density at radius 3 is 2.85 bits per heavy atom. The fourth-order valence-electron chi connectivity index (χ4n) is 2.66. The van der Waals surface area contributed by atoms with Crippen molar-refractivity contribution >= 4 is 0 Å². The van der Waals surface area contributed by atoms with Gasteiger partial charge in [-0.1, -0.05) is 24.6 Å². The number of piperidine rings is 1. The SMILES string of the molecule is OCC1CCCCN1Cc1nnc(-c2ccccc2)o1. The molecule has 1 aromatic carbocycles. The van der Waals surface area contributed by atoms with Crippen LogP contribution in [0.5, 0.6) is 0 Å². The Morgan fingerprint density at radius 1 is 1.20 bits per heavy atom. The highest BCUT2D eigenvalue weighted by Gasteiger charge is 2.23. The van der Waals surface area contributed by atoms with Gasteiger partial charge >= 0.3 is 0 Å². The van der Waals surface area contributed by atoms with E-state index in [1.54, 1.807) is 0 Å². The van der Waals surface area contributed by atoms with Crippen molar-refractivity contribution in [2.24, 2.45) is 0 Å². The normalized spacial score (nSPS) is 20.1. The van der Waals surface area contributed by atoms with Gasteiger partial charge in [0.25, 0.3) is 0 Å². The average Bonchev–Trinajstić information content (AvgIpc) is 2.97. The number of nitrogens with zero attached hydrogens (tertiary/aromatic N) is 3. The molecule has 1 saturated heterocycles. The summed E-state index contributed by atoms with van der Waals surface area (Å²) in [6, 6.07) is 9.98. The van der Waals surface area contributed by atoms with Crippen molar-refractivity contribution in [2.45, 2.75) is 31.8 Å². The summed E-state index contributed by atoms with van der Waals surface area (Å²) in [5.41, 5.74) is 0.934. The van der Waals surface area contributed by atoms with E-state index in [-0.39, 0.29) is 12.6 Å². The lowest BCUT2D eigenvalue weighted by Gasteiger charge is -2.33. The Kier molecular flexibility index (Phi) is 4.08. The van der Waals surface area contributed by atoms with Crippen molar-refractivity contribution in [1.29, 1.82) is 0 Å². The number of rotatable bonds is 4. The van der Waals surface area contributed by atoms with Crippen molar-refractivity contribution in [3.63, 3.8) is 0 Å². The first-order chi connectivity index (χ1) is 9.86. The molecule has 2 heterocycles. The zero-order valence-corrected chi connectivity index (χ0v) is 11.4. The molecule has 0 saturated carbocycles. The number of aliphatic hydroxyl groups excluding tert-OH is 1. The predicted octanol–water partition coefficient (Wildman–Crippen LogP) is 2.08. The van der Waals surface area contributed by atoms with Crippen LogP contribution in [-0.4, -0.2) is 39.4 Å². The average molecular weight is 273 g/mol. The van der Waals surface area contributed by atoms with Crippen LogP contribution in [-0.2, 0) is 6.54 Å². The summed E-state index contributed by atoms with van der Waals surface area (Å²) in [7, 11) is 0. The highest BCUT2D eigenvalue weighted by molar-refractivity contribution is 5.51. The Morgan fingerprint density at radius 2 is 2.05 bits per heavy atom. The van der Waals surface area contributed by atoms with Gasteiger partial charge in [0.2, 0.25) is 11.8 Å². The number of hydrogen-bond donors (Lipinski definition) is 1. The minimum atomic E-state index is 0.194. The molecule has 0 amide bonds. The monoisotopic (exact) mass is 273 g/mol. The Bertz CT molecular complexity index is 541. The molecule has 0 spiro atoms. The van der Waals surface area contributed by atoms with E-state index in [0.717, 1.165) is 24.9 Å². The first kappa shape index (κ1) is 13.3. The lowest BCUT2D eigenvalue weighted by molar-refractivity contribution is 0.0769. The molecule has 1 aliphatic rings. The van der Waals surface area contributed by atoms with E-state index in [4.69, 9.17) is 4.42 Å². The van der Waals surface area contributed by atoms with E-state index in [2.05, 4.69) is 15.1 Å². The largest absolute Gasteiger partial charge is 0.419 e. The van der Waals surface area contributed by atoms with Crippen LogP contribution in [0, 0.1) is 0 Å². The topological polar surface area (TPSA) is 62.4 Å². The van der Waals surface area contributed by atoms with Gasteiger partial charge in [-0.05, 0) is 31.5 Å². The van der Waals surface area contributed by atoms with Crippen LogP contribution in [0.1, 0.15) is 25.2 Å². The van der Waals surface area contributed by atoms with Crippen molar-refractivity contribution < 1.29 is 9.52 Å². The summed E-state index contributed by atoms with van der Waals surface area (Å²) in [5, 5.41) is 17.6. The number of likely N-dealkylation sites (tertiary alicyclic amines) is 1. The van der Waals surface area contributed by atoms with Crippen molar-refractivity contribution in [1.82, 2.24) is 15.1 Å². The Balaban J connectivity index is 1.71. The molecule has 1 N–H and O–H groups in total. The molecule has 1 atom stereocenters. The first-order valence-corrected chi connectivity index (χ1v) is 7.09. The minimum Gasteiger partial charge on any atom is -0.419 e. The van der Waals surface area contributed by atoms with Gasteiger partial charge in [0.15, 0.2) is 0 Å². The van der Waals surface area contributed by atoms with Crippen molar-refractivity contribution in [2.75, 3.05) is 13.2 Å². The highest BCUT2D eigenvalue weighted by Crippen LogP contribution is 2.21. The third-order valence-corrected chi connectivity index (χ3v) is 3.79. The van der Waals surface area contributed by atoms with Gasteiger partial charge in [-0.3, -0.25) is 4.90 Å². The fourth-order valence-corrected chi connectivity index (χ4v) is 2.66. The number of hydrogen-bond acceptors (Lipinski definition) is 5. The lowest BCUT2D eigenvalue weighted by Crippen LogP contribution is -2.41. The molecule has 20 heavy (non-hydrogen) atoms. The first-order valence-electron chi connectivity index (χ1n) is 7.09. The minimum absolute atomic E-state index is 0.194. The van der Waals surface area contributed by atoms with Crippen LogP contribution >= 0.6 is 0 Å². The molecule has 2 aromatic rings. The van der Waals surface area contributed by atoms with Crippen LogP contribution in [0.3, 0.4) is 0 Å². The molecule has 0 aliphatic carbocycles. The molecular weight excluding hydrogens is 254 g/mol. The van der Waals surface area contributed by atoms with E-state index < -0.39 is 0 Å². The summed E-state index contributed by atoms with van der Waals surface area (Å²) < 4.78 is 5.72. The number of benzene rings is 1. The zero-order valence-electron chi connectivity index (χ0n) is 11.4. The summed E-state index contributed by atoms with van der Waals surface area (Å²) in [4.78, 5) is 2.23. The Hall–Kier alpha value is -1.72. The fraction of sp³-hybridized carbons (Fsp3) is 0.467. The van der Waals surface area contributed by atoms with Crippen molar-refractivity contribution in [3.8, 4) is 11.5 Å². The second-order valence-electron chi connectivity index (χ2n) is 5.17. The molecule has 1 aliphatic heterocycles. The smallest absolute Gasteiger partial charge is 0.247 e. The lowest BCUT2D eigenvalue weighted by atomic mass is 10.0. The van der Waals surface area contributed by atoms with Gasteiger partial charge < -0.3 is 9.52 Å². The van der Waals surface area contributed by atoms with Crippen LogP contribution in [0.2, 0.25) is 0 Å². The predicted molar refractivity (Wildman–Crippen MR) is 74.9 cm³/mol.